The van der Waals surface area contributed by atoms with E-state index in [2.05, 4.69) is 193 Å². The molecule has 0 bridgehead atoms. The van der Waals surface area contributed by atoms with Crippen LogP contribution in [0, 0.1) is 0 Å². The first-order valence-corrected chi connectivity index (χ1v) is 22.8. The van der Waals surface area contributed by atoms with Gasteiger partial charge in [0.25, 0.3) is 0 Å². The number of hydrogen-bond acceptors (Lipinski definition) is 5. The van der Waals surface area contributed by atoms with Gasteiger partial charge in [-0.25, -0.2) is 15.0 Å². The Hall–Kier alpha value is -9.19. The van der Waals surface area contributed by atoms with Crippen LogP contribution in [0.4, 0.5) is 17.1 Å². The first-order valence-electron chi connectivity index (χ1n) is 22.8. The van der Waals surface area contributed by atoms with Crippen molar-refractivity contribution in [2.75, 3.05) is 4.90 Å². The molecule has 0 amide bonds. The molecule has 0 spiro atoms. The van der Waals surface area contributed by atoms with Gasteiger partial charge in [0.15, 0.2) is 17.5 Å². The zero-order chi connectivity index (χ0) is 45.2. The Morgan fingerprint density at radius 2 is 0.647 bits per heavy atom. The number of nitrogens with zero attached hydrogens (tertiary/aromatic N) is 4. The van der Waals surface area contributed by atoms with E-state index < -0.39 is 0 Å². The van der Waals surface area contributed by atoms with Gasteiger partial charge in [-0.2, -0.15) is 0 Å². The van der Waals surface area contributed by atoms with Gasteiger partial charge in [0.1, 0.15) is 11.2 Å². The Morgan fingerprint density at radius 1 is 0.265 bits per heavy atom. The second kappa shape index (κ2) is 17.7. The van der Waals surface area contributed by atoms with E-state index in [0.717, 1.165) is 89.1 Å². The van der Waals surface area contributed by atoms with Gasteiger partial charge in [0.05, 0.1) is 11.1 Å². The molecular weight excluding hydrogens is 829 g/mol. The van der Waals surface area contributed by atoms with Crippen LogP contribution in [0.25, 0.3) is 101 Å². The molecule has 0 radical (unpaired) electrons. The van der Waals surface area contributed by atoms with Crippen molar-refractivity contribution in [3.8, 4) is 78.7 Å². The van der Waals surface area contributed by atoms with E-state index in [9.17, 15) is 0 Å². The van der Waals surface area contributed by atoms with Crippen LogP contribution in [0.2, 0.25) is 0 Å². The fourth-order valence-electron chi connectivity index (χ4n) is 9.12. The number of furan rings is 1. The smallest absolute Gasteiger partial charge is 0.164 e. The second-order valence-electron chi connectivity index (χ2n) is 16.8. The van der Waals surface area contributed by atoms with E-state index >= 15 is 0 Å². The molecule has 5 nitrogen and oxygen atoms in total. The van der Waals surface area contributed by atoms with E-state index in [-0.39, 0.29) is 0 Å². The third-order valence-electron chi connectivity index (χ3n) is 12.5. The standard InChI is InChI=1S/C63H42N4O/c1-5-17-43(18-6-1)45-31-35-54(36-32-45)67(55-37-33-46(34-38-55)44-19-7-2-8-20-44)57-41-53(42-59-60(57)56-29-13-14-30-58(56)68-59)51-27-15-25-49(39-51)50-26-16-28-52(40-50)63-65-61(47-21-9-3-10-22-47)64-62(66-63)48-23-11-4-12-24-48/h1-42H. The lowest BCUT2D eigenvalue weighted by Crippen LogP contribution is -2.10. The van der Waals surface area contributed by atoms with Crippen molar-refractivity contribution in [3.63, 3.8) is 0 Å². The van der Waals surface area contributed by atoms with Crippen LogP contribution in [0.1, 0.15) is 0 Å². The van der Waals surface area contributed by atoms with Crippen molar-refractivity contribution in [1.82, 2.24) is 15.0 Å². The number of anilines is 3. The topological polar surface area (TPSA) is 55.1 Å². The van der Waals surface area contributed by atoms with Gasteiger partial charge >= 0.3 is 0 Å². The van der Waals surface area contributed by atoms with E-state index in [0.29, 0.717) is 17.5 Å². The van der Waals surface area contributed by atoms with Crippen LogP contribution in [-0.2, 0) is 0 Å². The van der Waals surface area contributed by atoms with Crippen LogP contribution < -0.4 is 4.90 Å². The number of fused-ring (bicyclic) bond motifs is 3. The molecule has 5 heteroatoms. The van der Waals surface area contributed by atoms with Crippen LogP contribution in [0.3, 0.4) is 0 Å². The minimum Gasteiger partial charge on any atom is -0.456 e. The average Bonchev–Trinajstić information content (AvgIpc) is 3.81. The summed E-state index contributed by atoms with van der Waals surface area (Å²) in [5.41, 5.74) is 16.4. The van der Waals surface area contributed by atoms with Crippen molar-refractivity contribution in [2.45, 2.75) is 0 Å². The molecule has 2 aromatic heterocycles. The zero-order valence-corrected chi connectivity index (χ0v) is 36.9. The monoisotopic (exact) mass is 870 g/mol. The highest BCUT2D eigenvalue weighted by Crippen LogP contribution is 2.46. The van der Waals surface area contributed by atoms with E-state index in [1.165, 1.54) is 11.1 Å². The lowest BCUT2D eigenvalue weighted by Gasteiger charge is -2.27. The summed E-state index contributed by atoms with van der Waals surface area (Å²) in [6.07, 6.45) is 0. The SMILES string of the molecule is c1ccc(-c2ccc(N(c3ccc(-c4ccccc4)cc3)c3cc(-c4cccc(-c5cccc(-c6nc(-c7ccccc7)nc(-c7ccccc7)n6)c5)c4)cc4oc5ccccc5c34)cc2)cc1. The summed E-state index contributed by atoms with van der Waals surface area (Å²) in [6, 6.07) is 89.0. The molecule has 0 fully saturated rings. The summed E-state index contributed by atoms with van der Waals surface area (Å²) in [7, 11) is 0. The van der Waals surface area contributed by atoms with Crippen molar-refractivity contribution < 1.29 is 4.42 Å². The third kappa shape index (κ3) is 7.88. The predicted octanol–water partition coefficient (Wildman–Crippen LogP) is 16.9. The summed E-state index contributed by atoms with van der Waals surface area (Å²) in [5.74, 6) is 1.88. The van der Waals surface area contributed by atoms with Crippen LogP contribution in [-0.4, -0.2) is 15.0 Å². The highest BCUT2D eigenvalue weighted by molar-refractivity contribution is 6.14. The molecule has 0 N–H and O–H groups in total. The summed E-state index contributed by atoms with van der Waals surface area (Å²) in [4.78, 5) is 17.3. The predicted molar refractivity (Wildman–Crippen MR) is 280 cm³/mol. The van der Waals surface area contributed by atoms with E-state index in [4.69, 9.17) is 19.4 Å². The first kappa shape index (κ1) is 40.3. The maximum atomic E-state index is 6.75. The Morgan fingerprint density at radius 3 is 1.16 bits per heavy atom. The number of aromatic nitrogens is 3. The molecular formula is C63H42N4O. The minimum atomic E-state index is 0.615. The summed E-state index contributed by atoms with van der Waals surface area (Å²) in [5, 5.41) is 2.11. The highest BCUT2D eigenvalue weighted by Gasteiger charge is 2.22. The molecule has 0 atom stereocenters. The van der Waals surface area contributed by atoms with Crippen LogP contribution in [0.5, 0.6) is 0 Å². The molecule has 10 aromatic carbocycles. The van der Waals surface area contributed by atoms with Crippen molar-refractivity contribution >= 4 is 39.0 Å². The van der Waals surface area contributed by atoms with Gasteiger partial charge in [-0.15, -0.1) is 0 Å². The molecule has 0 aliphatic carbocycles. The van der Waals surface area contributed by atoms with Gasteiger partial charge in [-0.3, -0.25) is 0 Å². The molecule has 2 heterocycles. The first-order chi connectivity index (χ1) is 33.7. The lowest BCUT2D eigenvalue weighted by molar-refractivity contribution is 0.669. The largest absolute Gasteiger partial charge is 0.456 e. The van der Waals surface area contributed by atoms with Gasteiger partial charge < -0.3 is 9.32 Å². The van der Waals surface area contributed by atoms with Crippen LogP contribution >= 0.6 is 0 Å². The van der Waals surface area contributed by atoms with Gasteiger partial charge in [-0.1, -0.05) is 200 Å². The van der Waals surface area contributed by atoms with Gasteiger partial charge in [-0.05, 0) is 99.1 Å². The normalized spacial score (nSPS) is 11.2. The molecule has 0 saturated carbocycles. The lowest BCUT2D eigenvalue weighted by atomic mass is 9.96. The third-order valence-corrected chi connectivity index (χ3v) is 12.5. The zero-order valence-electron chi connectivity index (χ0n) is 36.9. The molecule has 12 rings (SSSR count). The summed E-state index contributed by atoms with van der Waals surface area (Å²) < 4.78 is 6.75. The number of rotatable bonds is 10. The Bertz CT molecular complexity index is 3560. The summed E-state index contributed by atoms with van der Waals surface area (Å²) >= 11 is 0. The van der Waals surface area contributed by atoms with Crippen molar-refractivity contribution in [3.05, 3.63) is 255 Å². The molecule has 0 unspecified atom stereocenters. The number of para-hydroxylation sites is 1. The Balaban J connectivity index is 0.987. The molecule has 0 saturated heterocycles. The fraction of sp³-hybridized carbons (Fsp3) is 0. The number of benzene rings is 10. The maximum Gasteiger partial charge on any atom is 0.164 e. The van der Waals surface area contributed by atoms with Crippen molar-refractivity contribution in [2.24, 2.45) is 0 Å². The quantitative estimate of drug-likeness (QED) is 0.137. The Kier molecular flexibility index (Phi) is 10.5. The van der Waals surface area contributed by atoms with Gasteiger partial charge in [0.2, 0.25) is 0 Å². The van der Waals surface area contributed by atoms with E-state index in [1.54, 1.807) is 0 Å². The molecule has 320 valence electrons. The maximum absolute atomic E-state index is 6.75. The second-order valence-corrected chi connectivity index (χ2v) is 16.8. The molecule has 0 aliphatic rings. The van der Waals surface area contributed by atoms with Crippen molar-refractivity contribution in [1.29, 1.82) is 0 Å². The summed E-state index contributed by atoms with van der Waals surface area (Å²) in [6.45, 7) is 0. The highest BCUT2D eigenvalue weighted by atomic mass is 16.3. The minimum absolute atomic E-state index is 0.615. The van der Waals surface area contributed by atoms with Gasteiger partial charge in [0, 0.05) is 33.5 Å². The molecule has 0 aliphatic heterocycles. The average molecular weight is 871 g/mol. The van der Waals surface area contributed by atoms with E-state index in [1.807, 2.05) is 66.7 Å². The molecule has 68 heavy (non-hydrogen) atoms. The number of hydrogen-bond donors (Lipinski definition) is 0. The fourth-order valence-corrected chi connectivity index (χ4v) is 9.12. The Labute approximate surface area is 395 Å². The molecule has 12 aromatic rings. The van der Waals surface area contributed by atoms with Crippen LogP contribution in [0.15, 0.2) is 259 Å².